The average Bonchev–Trinajstić information content (AvgIpc) is 2.13. The van der Waals surface area contributed by atoms with Gasteiger partial charge in [-0.3, -0.25) is 9.00 Å². The minimum Gasteiger partial charge on any atom is -0.772 e. The summed E-state index contributed by atoms with van der Waals surface area (Å²) in [6.07, 6.45) is 0. The van der Waals surface area contributed by atoms with E-state index in [1.54, 1.807) is 6.92 Å². The fraction of sp³-hybridized carbons (Fsp3) is 0.909. The number of aliphatic carboxylic acids is 1. The van der Waals surface area contributed by atoms with E-state index >= 15 is 0 Å². The van der Waals surface area contributed by atoms with Crippen LogP contribution in [0.5, 0.6) is 0 Å². The lowest BCUT2D eigenvalue weighted by molar-refractivity contribution is -0.148. The Hall–Kier alpha value is -0.420. The third-order valence-corrected chi connectivity index (χ3v) is 5.64. The molecule has 16 heavy (non-hydrogen) atoms. The molecular weight excluding hydrogens is 228 g/mol. The standard InChI is InChI=1S/C11H20O4S/c1-5-6(2)9(11(12)13)8(4)10(7(5)3)16(14)15/h5-10H,1-4H3,(H,12,13)(H,14,15)/p-1. The summed E-state index contributed by atoms with van der Waals surface area (Å²) in [5.74, 6) is -1.62. The molecule has 94 valence electrons. The molecule has 1 aliphatic carbocycles. The smallest absolute Gasteiger partial charge is 0.307 e. The van der Waals surface area contributed by atoms with Crippen molar-refractivity contribution in [1.29, 1.82) is 0 Å². The Morgan fingerprint density at radius 1 is 1.06 bits per heavy atom. The van der Waals surface area contributed by atoms with Crippen LogP contribution < -0.4 is 0 Å². The van der Waals surface area contributed by atoms with Gasteiger partial charge in [0.1, 0.15) is 0 Å². The van der Waals surface area contributed by atoms with E-state index in [0.717, 1.165) is 0 Å². The van der Waals surface area contributed by atoms with Gasteiger partial charge in [-0.1, -0.05) is 38.8 Å². The van der Waals surface area contributed by atoms with Crippen molar-refractivity contribution in [3.05, 3.63) is 0 Å². The monoisotopic (exact) mass is 247 g/mol. The normalized spacial score (nSPS) is 46.3. The molecule has 4 nitrogen and oxygen atoms in total. The topological polar surface area (TPSA) is 77.4 Å². The van der Waals surface area contributed by atoms with Crippen LogP contribution in [0.1, 0.15) is 27.7 Å². The van der Waals surface area contributed by atoms with E-state index in [4.69, 9.17) is 0 Å². The molecule has 0 aromatic rings. The molecule has 7 atom stereocenters. The van der Waals surface area contributed by atoms with Crippen LogP contribution in [0.3, 0.4) is 0 Å². The molecule has 7 unspecified atom stereocenters. The van der Waals surface area contributed by atoms with E-state index in [1.807, 2.05) is 20.8 Å². The molecule has 0 heterocycles. The Balaban J connectivity index is 3.07. The molecule has 0 aromatic carbocycles. The highest BCUT2D eigenvalue weighted by Gasteiger charge is 2.46. The van der Waals surface area contributed by atoms with Crippen LogP contribution in [0.2, 0.25) is 0 Å². The maximum atomic E-state index is 11.2. The Morgan fingerprint density at radius 3 is 1.94 bits per heavy atom. The Bertz CT molecular complexity index is 276. The highest BCUT2D eigenvalue weighted by molar-refractivity contribution is 7.79. The molecule has 0 bridgehead atoms. The maximum absolute atomic E-state index is 11.2. The van der Waals surface area contributed by atoms with Gasteiger partial charge < -0.3 is 9.66 Å². The summed E-state index contributed by atoms with van der Waals surface area (Å²) >= 11 is -2.20. The molecule has 1 rings (SSSR count). The summed E-state index contributed by atoms with van der Waals surface area (Å²) < 4.78 is 22.4. The number of carboxylic acids is 1. The van der Waals surface area contributed by atoms with E-state index < -0.39 is 28.2 Å². The van der Waals surface area contributed by atoms with Gasteiger partial charge in [0, 0.05) is 5.25 Å². The van der Waals surface area contributed by atoms with Gasteiger partial charge >= 0.3 is 5.97 Å². The van der Waals surface area contributed by atoms with Crippen molar-refractivity contribution in [2.45, 2.75) is 32.9 Å². The second kappa shape index (κ2) is 4.84. The Labute approximate surface area is 98.7 Å². The quantitative estimate of drug-likeness (QED) is 0.750. The summed E-state index contributed by atoms with van der Waals surface area (Å²) in [5, 5.41) is 8.63. The zero-order chi connectivity index (χ0) is 12.6. The molecule has 0 aromatic heterocycles. The van der Waals surface area contributed by atoms with E-state index in [9.17, 15) is 18.7 Å². The molecule has 1 fully saturated rings. The summed E-state index contributed by atoms with van der Waals surface area (Å²) in [6, 6.07) is 0. The largest absolute Gasteiger partial charge is 0.772 e. The van der Waals surface area contributed by atoms with Crippen molar-refractivity contribution in [2.24, 2.45) is 29.6 Å². The molecule has 1 N–H and O–H groups in total. The predicted octanol–water partition coefficient (Wildman–Crippen LogP) is 1.49. The first kappa shape index (κ1) is 13.6. The fourth-order valence-corrected chi connectivity index (χ4v) is 4.19. The van der Waals surface area contributed by atoms with E-state index in [1.165, 1.54) is 0 Å². The van der Waals surface area contributed by atoms with Crippen LogP contribution in [-0.4, -0.2) is 25.1 Å². The lowest BCUT2D eigenvalue weighted by Gasteiger charge is -2.47. The highest BCUT2D eigenvalue weighted by atomic mass is 32.2. The second-order valence-corrected chi connectivity index (χ2v) is 6.09. The van der Waals surface area contributed by atoms with Crippen LogP contribution >= 0.6 is 0 Å². The molecule has 0 radical (unpaired) electrons. The van der Waals surface area contributed by atoms with Gasteiger partial charge in [-0.2, -0.15) is 0 Å². The van der Waals surface area contributed by atoms with Crippen LogP contribution in [0.25, 0.3) is 0 Å². The van der Waals surface area contributed by atoms with E-state index in [2.05, 4.69) is 0 Å². The predicted molar refractivity (Wildman–Crippen MR) is 60.5 cm³/mol. The first-order valence-corrected chi connectivity index (χ1v) is 6.73. The minimum absolute atomic E-state index is 0.0129. The van der Waals surface area contributed by atoms with Crippen molar-refractivity contribution >= 4 is 17.0 Å². The first-order valence-electron chi connectivity index (χ1n) is 5.59. The molecule has 0 aliphatic heterocycles. The van der Waals surface area contributed by atoms with Gasteiger partial charge in [0.2, 0.25) is 0 Å². The third kappa shape index (κ3) is 2.15. The summed E-state index contributed by atoms with van der Waals surface area (Å²) in [7, 11) is 0. The van der Waals surface area contributed by atoms with Crippen molar-refractivity contribution in [2.75, 3.05) is 0 Å². The second-order valence-electron chi connectivity index (χ2n) is 5.03. The van der Waals surface area contributed by atoms with E-state index in [-0.39, 0.29) is 23.7 Å². The Kier molecular flexibility index (Phi) is 4.12. The number of hydrogen-bond acceptors (Lipinski definition) is 3. The average molecular weight is 247 g/mol. The lowest BCUT2D eigenvalue weighted by Crippen LogP contribution is -2.50. The number of rotatable bonds is 2. The molecular formula is C11H19O4S-. The third-order valence-electron chi connectivity index (χ3n) is 4.34. The summed E-state index contributed by atoms with van der Waals surface area (Å²) in [6.45, 7) is 7.48. The van der Waals surface area contributed by atoms with Crippen molar-refractivity contribution in [3.8, 4) is 0 Å². The molecule has 0 amide bonds. The summed E-state index contributed by atoms with van der Waals surface area (Å²) in [4.78, 5) is 11.2. The van der Waals surface area contributed by atoms with Crippen LogP contribution in [-0.2, 0) is 15.9 Å². The van der Waals surface area contributed by atoms with Gasteiger partial charge in [0.25, 0.3) is 0 Å². The number of carbonyl (C=O) groups is 1. The van der Waals surface area contributed by atoms with Crippen LogP contribution in [0, 0.1) is 29.6 Å². The highest BCUT2D eigenvalue weighted by Crippen LogP contribution is 2.43. The van der Waals surface area contributed by atoms with Gasteiger partial charge in [-0.15, -0.1) is 0 Å². The SMILES string of the molecule is CC1C(C)C(C(=O)O)C(C)C(S(=O)[O-])C1C. The molecule has 0 spiro atoms. The van der Waals surface area contributed by atoms with Gasteiger partial charge in [0.05, 0.1) is 5.92 Å². The zero-order valence-electron chi connectivity index (χ0n) is 10.0. The van der Waals surface area contributed by atoms with Gasteiger partial charge in [0.15, 0.2) is 0 Å². The van der Waals surface area contributed by atoms with Gasteiger partial charge in [-0.05, 0) is 23.7 Å². The van der Waals surface area contributed by atoms with Crippen LogP contribution in [0.15, 0.2) is 0 Å². The lowest BCUT2D eigenvalue weighted by atomic mass is 9.64. The number of carboxylic acid groups (broad SMARTS) is 1. The maximum Gasteiger partial charge on any atom is 0.307 e. The fourth-order valence-electron chi connectivity index (χ4n) is 3.07. The molecule has 1 saturated carbocycles. The van der Waals surface area contributed by atoms with Crippen LogP contribution in [0.4, 0.5) is 0 Å². The number of hydrogen-bond donors (Lipinski definition) is 1. The molecule has 0 saturated heterocycles. The minimum atomic E-state index is -2.20. The first-order chi connectivity index (χ1) is 7.29. The van der Waals surface area contributed by atoms with Crippen molar-refractivity contribution in [1.82, 2.24) is 0 Å². The van der Waals surface area contributed by atoms with Crippen molar-refractivity contribution in [3.63, 3.8) is 0 Å². The Morgan fingerprint density at radius 2 is 1.56 bits per heavy atom. The van der Waals surface area contributed by atoms with E-state index in [0.29, 0.717) is 0 Å². The van der Waals surface area contributed by atoms with Gasteiger partial charge in [-0.25, -0.2) is 0 Å². The molecule has 1 aliphatic rings. The molecule has 5 heteroatoms. The summed E-state index contributed by atoms with van der Waals surface area (Å²) in [5.41, 5.74) is 0. The van der Waals surface area contributed by atoms with Crippen molar-refractivity contribution < 1.29 is 18.7 Å². The zero-order valence-corrected chi connectivity index (χ0v) is 10.9.